The molecule has 1 fully saturated rings. The normalized spacial score (nSPS) is 17.6. The van der Waals surface area contributed by atoms with Crippen LogP contribution in [-0.4, -0.2) is 89.3 Å². The van der Waals surface area contributed by atoms with Crippen molar-refractivity contribution in [3.05, 3.63) is 74.0 Å². The summed E-state index contributed by atoms with van der Waals surface area (Å²) in [5.41, 5.74) is 0.533. The highest BCUT2D eigenvalue weighted by Gasteiger charge is 2.35. The Labute approximate surface area is 315 Å². The van der Waals surface area contributed by atoms with Crippen LogP contribution in [0, 0.1) is 16.1 Å². The molecule has 0 radical (unpaired) electrons. The molecule has 3 aromatic rings. The number of thiocarbonyl (C=S) groups is 1. The van der Waals surface area contributed by atoms with Gasteiger partial charge in [0, 0.05) is 11.4 Å². The number of nitrogens with zero attached hydrogens (tertiary/aromatic N) is 4. The van der Waals surface area contributed by atoms with Gasteiger partial charge in [-0.25, -0.2) is 0 Å². The molecule has 0 saturated carbocycles. The SMILES string of the molecule is CC/C(C=C1Sc2ccc(C)cc2N1CCCS(=O)(=O)O)=c1\s/c(=c2/s/c(=C3/SC(=S)N(CC(=O)O)C3=O)n(CC(=O)O)c2=O)n(CC(=O)O)c1=O. The number of anilines is 1. The van der Waals surface area contributed by atoms with Gasteiger partial charge in [-0.2, -0.15) is 8.42 Å². The summed E-state index contributed by atoms with van der Waals surface area (Å²) in [5, 5.41) is 29.3. The number of thiazole rings is 2. The lowest BCUT2D eigenvalue weighted by atomic mass is 10.2. The van der Waals surface area contributed by atoms with E-state index in [-0.39, 0.29) is 47.0 Å². The van der Waals surface area contributed by atoms with Crippen molar-refractivity contribution in [3.8, 4) is 0 Å². The van der Waals surface area contributed by atoms with Gasteiger partial charge in [0.1, 0.15) is 42.7 Å². The first-order valence-electron chi connectivity index (χ1n) is 15.0. The van der Waals surface area contributed by atoms with Crippen molar-refractivity contribution >= 4 is 113 Å². The van der Waals surface area contributed by atoms with Crippen LogP contribution in [-0.2, 0) is 42.4 Å². The number of aliphatic carboxylic acids is 3. The molecular formula is C30H28N4O12S6. The average Bonchev–Trinajstić information content (AvgIpc) is 3.73. The molecule has 0 aliphatic carbocycles. The van der Waals surface area contributed by atoms with Crippen LogP contribution < -0.4 is 25.2 Å². The number of rotatable bonds is 12. The fourth-order valence-corrected chi connectivity index (χ4v) is 10.8. The zero-order valence-electron chi connectivity index (χ0n) is 27.1. The summed E-state index contributed by atoms with van der Waals surface area (Å²) >= 11 is 8.68. The summed E-state index contributed by atoms with van der Waals surface area (Å²) in [7, 11) is -4.23. The number of thioether (sulfide) groups is 2. The molecule has 16 nitrogen and oxygen atoms in total. The molecule has 2 aliphatic heterocycles. The third-order valence-corrected chi connectivity index (χ3v) is 13.6. The molecule has 1 aromatic carbocycles. The lowest BCUT2D eigenvalue weighted by Gasteiger charge is -2.21. The van der Waals surface area contributed by atoms with Gasteiger partial charge in [-0.05, 0) is 49.1 Å². The maximum atomic E-state index is 14.0. The number of fused-ring (bicyclic) bond motifs is 1. The molecule has 2 aromatic heterocycles. The Hall–Kier alpha value is -4.06. The Kier molecular flexibility index (Phi) is 11.7. The molecule has 4 heterocycles. The number of allylic oxidation sites excluding steroid dienone is 1. The summed E-state index contributed by atoms with van der Waals surface area (Å²) in [6.45, 7) is 1.33. The number of carbonyl (C=O) groups is 4. The van der Waals surface area contributed by atoms with Crippen molar-refractivity contribution in [1.29, 1.82) is 0 Å². The number of aryl methyl sites for hydroxylation is 1. The highest BCUT2D eigenvalue weighted by Crippen LogP contribution is 2.47. The summed E-state index contributed by atoms with van der Waals surface area (Å²) in [6.07, 6.45) is 2.07. The second kappa shape index (κ2) is 15.5. The van der Waals surface area contributed by atoms with E-state index >= 15 is 0 Å². The number of carboxylic acid groups (broad SMARTS) is 3. The smallest absolute Gasteiger partial charge is 0.323 e. The van der Waals surface area contributed by atoms with E-state index < -0.39 is 70.4 Å². The van der Waals surface area contributed by atoms with Crippen molar-refractivity contribution in [2.75, 3.05) is 23.7 Å². The standard InChI is InChI=1S/C30H28N4O12S6/c1-3-15(10-18-31(7-4-8-52(44,45)46)16-9-14(2)5-6-17(16)48-18)22-25(41)32(11-19(35)36)28(49-22)23-26(42)33(12-20(37)38)29(50-23)24-27(43)34(13-21(39)40)30(47)51-24/h5-6,9-10H,3-4,7-8,11-13H2,1-2H3,(H,35,36)(H,37,38)(H,39,40)(H,44,45,46)/b18-10?,22-15+,28-23+,29-24+. The zero-order valence-corrected chi connectivity index (χ0v) is 32.0. The van der Waals surface area contributed by atoms with Crippen molar-refractivity contribution < 1.29 is 47.5 Å². The van der Waals surface area contributed by atoms with Gasteiger partial charge in [0.15, 0.2) is 0 Å². The van der Waals surface area contributed by atoms with E-state index in [1.54, 1.807) is 13.0 Å². The highest BCUT2D eigenvalue weighted by atomic mass is 32.2. The predicted octanol–water partition coefficient (Wildman–Crippen LogP) is 1.24. The van der Waals surface area contributed by atoms with Crippen LogP contribution in [0.4, 0.5) is 5.69 Å². The van der Waals surface area contributed by atoms with E-state index in [0.717, 1.165) is 41.5 Å². The van der Waals surface area contributed by atoms with Gasteiger partial charge < -0.3 is 20.2 Å². The number of carbonyl (C=O) groups excluding carboxylic acids is 1. The minimum atomic E-state index is -4.23. The third kappa shape index (κ3) is 8.27. The fraction of sp³-hybridized carbons (Fsp3) is 0.300. The largest absolute Gasteiger partial charge is 0.480 e. The molecule has 1 amide bonds. The molecule has 0 unspecified atom stereocenters. The quantitative estimate of drug-likeness (QED) is 0.149. The number of carboxylic acids is 3. The first-order chi connectivity index (χ1) is 24.4. The fourth-order valence-electron chi connectivity index (χ4n) is 5.28. The van der Waals surface area contributed by atoms with Gasteiger partial charge in [0.2, 0.25) is 0 Å². The van der Waals surface area contributed by atoms with Gasteiger partial charge in [-0.15, -0.1) is 22.7 Å². The van der Waals surface area contributed by atoms with Gasteiger partial charge >= 0.3 is 17.9 Å². The number of hydrogen-bond acceptors (Lipinski definition) is 14. The van der Waals surface area contributed by atoms with Gasteiger partial charge in [-0.3, -0.25) is 47.4 Å². The third-order valence-electron chi connectivity index (χ3n) is 7.52. The van der Waals surface area contributed by atoms with Gasteiger partial charge in [0.25, 0.3) is 27.1 Å². The number of benzene rings is 1. The Morgan fingerprint density at radius 1 is 0.885 bits per heavy atom. The van der Waals surface area contributed by atoms with Crippen LogP contribution in [0.5, 0.6) is 0 Å². The molecule has 0 bridgehead atoms. The molecule has 0 spiro atoms. The monoisotopic (exact) mass is 828 g/mol. The van der Waals surface area contributed by atoms with E-state index in [2.05, 4.69) is 0 Å². The Bertz CT molecular complexity index is 2550. The molecule has 5 rings (SSSR count). The summed E-state index contributed by atoms with van der Waals surface area (Å²) < 4.78 is 33.4. The van der Waals surface area contributed by atoms with Gasteiger partial charge in [-0.1, -0.05) is 48.7 Å². The molecule has 22 heteroatoms. The summed E-state index contributed by atoms with van der Waals surface area (Å²) in [4.78, 5) is 79.6. The second-order valence-corrected chi connectivity index (χ2v) is 17.5. The topological polar surface area (TPSA) is 234 Å². The van der Waals surface area contributed by atoms with Crippen molar-refractivity contribution in [1.82, 2.24) is 14.0 Å². The molecule has 1 saturated heterocycles. The van der Waals surface area contributed by atoms with Crippen LogP contribution >= 0.6 is 58.4 Å². The predicted molar refractivity (Wildman–Crippen MR) is 199 cm³/mol. The van der Waals surface area contributed by atoms with Crippen LogP contribution in [0.2, 0.25) is 0 Å². The maximum Gasteiger partial charge on any atom is 0.323 e. The highest BCUT2D eigenvalue weighted by molar-refractivity contribution is 8.30. The summed E-state index contributed by atoms with van der Waals surface area (Å²) in [6, 6.07) is 5.72. The molecule has 0 atom stereocenters. The second-order valence-electron chi connectivity index (χ2n) is 11.3. The Morgan fingerprint density at radius 3 is 2.12 bits per heavy atom. The number of aromatic nitrogens is 2. The van der Waals surface area contributed by atoms with Crippen LogP contribution in [0.15, 0.2) is 43.8 Å². The zero-order chi connectivity index (χ0) is 38.2. The van der Waals surface area contributed by atoms with E-state index in [1.807, 2.05) is 30.0 Å². The van der Waals surface area contributed by atoms with E-state index in [9.17, 15) is 57.1 Å². The minimum absolute atomic E-state index is 0.0854. The first kappa shape index (κ1) is 39.2. The lowest BCUT2D eigenvalue weighted by molar-refractivity contribution is -0.140. The first-order valence-corrected chi connectivity index (χ1v) is 20.3. The van der Waals surface area contributed by atoms with Crippen LogP contribution in [0.1, 0.15) is 25.3 Å². The lowest BCUT2D eigenvalue weighted by Crippen LogP contribution is -2.35. The molecule has 2 aliphatic rings. The molecule has 4 N–H and O–H groups in total. The van der Waals surface area contributed by atoms with Gasteiger partial charge in [0.05, 0.1) is 21.0 Å². The number of amides is 1. The molecule has 52 heavy (non-hydrogen) atoms. The van der Waals surface area contributed by atoms with E-state index in [4.69, 9.17) is 12.2 Å². The summed E-state index contributed by atoms with van der Waals surface area (Å²) in [5.74, 6) is -5.54. The Morgan fingerprint density at radius 2 is 1.52 bits per heavy atom. The van der Waals surface area contributed by atoms with Crippen molar-refractivity contribution in [3.63, 3.8) is 0 Å². The van der Waals surface area contributed by atoms with Crippen LogP contribution in [0.25, 0.3) is 10.5 Å². The van der Waals surface area contributed by atoms with Crippen molar-refractivity contribution in [2.45, 2.75) is 44.7 Å². The maximum absolute atomic E-state index is 14.0. The van der Waals surface area contributed by atoms with E-state index in [0.29, 0.717) is 33.7 Å². The minimum Gasteiger partial charge on any atom is -0.480 e. The Balaban J connectivity index is 1.80. The molecular weight excluding hydrogens is 801 g/mol. The van der Waals surface area contributed by atoms with Crippen molar-refractivity contribution in [2.24, 2.45) is 0 Å². The number of hydrogen-bond donors (Lipinski definition) is 4. The van der Waals surface area contributed by atoms with E-state index in [1.165, 1.54) is 11.8 Å². The van der Waals surface area contributed by atoms with Crippen LogP contribution in [0.3, 0.4) is 0 Å². The average molecular weight is 829 g/mol. The molecule has 276 valence electrons.